The van der Waals surface area contributed by atoms with E-state index in [9.17, 15) is 22.8 Å². The molecule has 0 spiro atoms. The maximum atomic E-state index is 12.1. The van der Waals surface area contributed by atoms with Crippen LogP contribution in [0.2, 0.25) is 0 Å². The first-order valence-corrected chi connectivity index (χ1v) is 6.12. The monoisotopic (exact) mass is 301 g/mol. The van der Waals surface area contributed by atoms with Gasteiger partial charge in [0.05, 0.1) is 5.56 Å². The van der Waals surface area contributed by atoms with E-state index in [4.69, 9.17) is 4.74 Å². The van der Waals surface area contributed by atoms with Gasteiger partial charge in [-0.2, -0.15) is 13.2 Å². The molecule has 7 heteroatoms. The highest BCUT2D eigenvalue weighted by Gasteiger charge is 2.38. The summed E-state index contributed by atoms with van der Waals surface area (Å²) in [5.74, 6) is -2.41. The molecular weight excluding hydrogens is 287 g/mol. The van der Waals surface area contributed by atoms with Crippen LogP contribution >= 0.6 is 0 Å². The number of carbonyl (C=O) groups excluding carboxylic acids is 2. The van der Waals surface area contributed by atoms with Gasteiger partial charge in [-0.3, -0.25) is 4.79 Å². The number of hydrogen-bond acceptors (Lipinski definition) is 3. The largest absolute Gasteiger partial charge is 0.471 e. The van der Waals surface area contributed by atoms with Gasteiger partial charge in [0.25, 0.3) is 0 Å². The molecule has 0 fully saturated rings. The van der Waals surface area contributed by atoms with Gasteiger partial charge in [0.2, 0.25) is 0 Å². The van der Waals surface area contributed by atoms with Gasteiger partial charge in [-0.1, -0.05) is 13.5 Å². The predicted octanol–water partition coefficient (Wildman–Crippen LogP) is 3.66. The van der Waals surface area contributed by atoms with Crippen LogP contribution in [0.1, 0.15) is 30.1 Å². The molecule has 0 saturated heterocycles. The fourth-order valence-corrected chi connectivity index (χ4v) is 1.41. The molecule has 0 saturated carbocycles. The van der Waals surface area contributed by atoms with E-state index in [1.165, 1.54) is 24.3 Å². The van der Waals surface area contributed by atoms with Crippen molar-refractivity contribution in [3.63, 3.8) is 0 Å². The molecule has 1 aromatic rings. The summed E-state index contributed by atoms with van der Waals surface area (Å²) in [6.07, 6.45) is -3.66. The third-order valence-corrected chi connectivity index (χ3v) is 2.40. The van der Waals surface area contributed by atoms with Crippen molar-refractivity contribution in [2.75, 3.05) is 5.32 Å². The first-order chi connectivity index (χ1) is 9.74. The molecule has 0 aliphatic heterocycles. The Morgan fingerprint density at radius 1 is 1.24 bits per heavy atom. The minimum absolute atomic E-state index is 0.0683. The zero-order valence-corrected chi connectivity index (χ0v) is 11.3. The van der Waals surface area contributed by atoms with Crippen molar-refractivity contribution in [2.24, 2.45) is 0 Å². The van der Waals surface area contributed by atoms with Crippen molar-refractivity contribution < 1.29 is 27.5 Å². The van der Waals surface area contributed by atoms with Gasteiger partial charge < -0.3 is 10.1 Å². The zero-order chi connectivity index (χ0) is 16.0. The van der Waals surface area contributed by atoms with Gasteiger partial charge in [0.15, 0.2) is 0 Å². The van der Waals surface area contributed by atoms with Crippen molar-refractivity contribution in [2.45, 2.75) is 25.9 Å². The normalized spacial score (nSPS) is 10.9. The summed E-state index contributed by atoms with van der Waals surface area (Å²) in [6.45, 7) is 5.47. The molecule has 1 aromatic carbocycles. The first-order valence-electron chi connectivity index (χ1n) is 6.12. The van der Waals surface area contributed by atoms with E-state index in [0.717, 1.165) is 6.42 Å². The number of halogens is 3. The van der Waals surface area contributed by atoms with Crippen LogP contribution in [-0.2, 0) is 9.53 Å². The number of anilines is 1. The number of nitrogens with one attached hydrogen (secondary N) is 1. The fraction of sp³-hybridized carbons (Fsp3) is 0.286. The molecule has 114 valence electrons. The Morgan fingerprint density at radius 2 is 1.81 bits per heavy atom. The van der Waals surface area contributed by atoms with Crippen LogP contribution < -0.4 is 5.32 Å². The van der Waals surface area contributed by atoms with E-state index in [0.29, 0.717) is 12.2 Å². The lowest BCUT2D eigenvalue weighted by Crippen LogP contribution is -2.29. The summed E-state index contributed by atoms with van der Waals surface area (Å²) in [6, 6.07) is 4.88. The van der Waals surface area contributed by atoms with E-state index in [1.54, 1.807) is 5.32 Å². The fourth-order valence-electron chi connectivity index (χ4n) is 1.41. The number of esters is 1. The second-order valence-electron chi connectivity index (χ2n) is 4.21. The van der Waals surface area contributed by atoms with E-state index in [1.807, 2.05) is 6.92 Å². The van der Waals surface area contributed by atoms with Crippen LogP contribution in [-0.4, -0.2) is 18.1 Å². The number of amides is 1. The van der Waals surface area contributed by atoms with Crippen molar-refractivity contribution in [3.8, 4) is 0 Å². The van der Waals surface area contributed by atoms with Crippen LogP contribution in [0, 0.1) is 0 Å². The third kappa shape index (κ3) is 5.29. The highest BCUT2D eigenvalue weighted by molar-refractivity contribution is 5.96. The lowest BCUT2D eigenvalue weighted by Gasteiger charge is -2.09. The number of carbonyl (C=O) groups is 2. The summed E-state index contributed by atoms with van der Waals surface area (Å²) in [7, 11) is 0. The van der Waals surface area contributed by atoms with Crippen LogP contribution in [0.4, 0.5) is 18.9 Å². The number of hydrogen-bond donors (Lipinski definition) is 1. The van der Waals surface area contributed by atoms with Gasteiger partial charge in [0.1, 0.15) is 5.76 Å². The second kappa shape index (κ2) is 6.92. The van der Waals surface area contributed by atoms with Crippen molar-refractivity contribution in [1.29, 1.82) is 0 Å². The van der Waals surface area contributed by atoms with Gasteiger partial charge in [-0.25, -0.2) is 4.79 Å². The highest BCUT2D eigenvalue weighted by Crippen LogP contribution is 2.19. The van der Waals surface area contributed by atoms with Gasteiger partial charge in [-0.05, 0) is 30.7 Å². The average molecular weight is 301 g/mol. The third-order valence-electron chi connectivity index (χ3n) is 2.40. The molecule has 0 unspecified atom stereocenters. The molecule has 0 aliphatic carbocycles. The van der Waals surface area contributed by atoms with E-state index < -0.39 is 18.1 Å². The molecule has 1 N–H and O–H groups in total. The topological polar surface area (TPSA) is 55.4 Å². The van der Waals surface area contributed by atoms with Crippen LogP contribution in [0.15, 0.2) is 36.6 Å². The van der Waals surface area contributed by atoms with E-state index >= 15 is 0 Å². The number of rotatable bonds is 5. The first kappa shape index (κ1) is 16.7. The van der Waals surface area contributed by atoms with Crippen LogP contribution in [0.5, 0.6) is 0 Å². The Hall–Kier alpha value is -2.31. The molecule has 1 rings (SSSR count). The lowest BCUT2D eigenvalue weighted by atomic mass is 10.2. The summed E-state index contributed by atoms with van der Waals surface area (Å²) < 4.78 is 41.1. The molecule has 21 heavy (non-hydrogen) atoms. The summed E-state index contributed by atoms with van der Waals surface area (Å²) in [5, 5.41) is 1.68. The summed E-state index contributed by atoms with van der Waals surface area (Å²) in [5.41, 5.74) is 0.0820. The smallest absolute Gasteiger partial charge is 0.428 e. The highest BCUT2D eigenvalue weighted by atomic mass is 19.4. The molecule has 0 radical (unpaired) electrons. The number of allylic oxidation sites excluding steroid dienone is 1. The Morgan fingerprint density at radius 3 is 2.29 bits per heavy atom. The Balaban J connectivity index is 2.68. The van der Waals surface area contributed by atoms with E-state index in [-0.39, 0.29) is 11.3 Å². The van der Waals surface area contributed by atoms with Gasteiger partial charge in [0, 0.05) is 12.1 Å². The maximum absolute atomic E-state index is 12.1. The predicted molar refractivity (Wildman–Crippen MR) is 70.6 cm³/mol. The minimum Gasteiger partial charge on any atom is -0.428 e. The number of ether oxygens (including phenoxy) is 1. The molecule has 0 atom stereocenters. The quantitative estimate of drug-likeness (QED) is 0.667. The minimum atomic E-state index is -4.96. The van der Waals surface area contributed by atoms with Crippen molar-refractivity contribution in [3.05, 3.63) is 42.2 Å². The molecular formula is C14H14F3NO3. The Labute approximate surface area is 119 Å². The second-order valence-corrected chi connectivity index (χ2v) is 4.21. The Kier molecular flexibility index (Phi) is 5.52. The van der Waals surface area contributed by atoms with Crippen molar-refractivity contribution in [1.82, 2.24) is 0 Å². The maximum Gasteiger partial charge on any atom is 0.471 e. The molecule has 0 aromatic heterocycles. The van der Waals surface area contributed by atoms with Crippen LogP contribution in [0.3, 0.4) is 0 Å². The number of benzene rings is 1. The SMILES string of the molecule is C=C(CCC)OC(=O)c1ccc(NC(=O)C(F)(F)F)cc1. The van der Waals surface area contributed by atoms with Crippen molar-refractivity contribution >= 4 is 17.6 Å². The molecule has 0 heterocycles. The molecule has 4 nitrogen and oxygen atoms in total. The number of alkyl halides is 3. The van der Waals surface area contributed by atoms with Gasteiger partial charge in [-0.15, -0.1) is 0 Å². The van der Waals surface area contributed by atoms with Crippen LogP contribution in [0.25, 0.3) is 0 Å². The molecule has 1 amide bonds. The van der Waals surface area contributed by atoms with Gasteiger partial charge >= 0.3 is 18.1 Å². The standard InChI is InChI=1S/C14H14F3NO3/c1-3-4-9(2)21-12(19)10-5-7-11(8-6-10)18-13(20)14(15,16)17/h5-8H,2-4H2,1H3,(H,18,20). The summed E-state index contributed by atoms with van der Waals surface area (Å²) >= 11 is 0. The molecule has 0 bridgehead atoms. The average Bonchev–Trinajstić information content (AvgIpc) is 2.38. The van der Waals surface area contributed by atoms with E-state index in [2.05, 4.69) is 6.58 Å². The summed E-state index contributed by atoms with van der Waals surface area (Å²) in [4.78, 5) is 22.4. The Bertz CT molecular complexity index is 535. The molecule has 0 aliphatic rings. The lowest BCUT2D eigenvalue weighted by molar-refractivity contribution is -0.167. The zero-order valence-electron chi connectivity index (χ0n) is 11.3.